The van der Waals surface area contributed by atoms with E-state index < -0.39 is 0 Å². The van der Waals surface area contributed by atoms with Crippen LogP contribution in [0.1, 0.15) is 5.56 Å². The van der Waals surface area contributed by atoms with Crippen LogP contribution in [-0.2, 0) is 0 Å². The summed E-state index contributed by atoms with van der Waals surface area (Å²) in [5, 5.41) is 0. The quantitative estimate of drug-likeness (QED) is 0.721. The Morgan fingerprint density at radius 2 is 1.80 bits per heavy atom. The van der Waals surface area contributed by atoms with Gasteiger partial charge in [-0.3, -0.25) is 4.98 Å². The summed E-state index contributed by atoms with van der Waals surface area (Å²) in [6.07, 6.45) is 3.48. The van der Waals surface area contributed by atoms with E-state index in [4.69, 9.17) is 0 Å². The maximum Gasteiger partial charge on any atom is 0.123 e. The van der Waals surface area contributed by atoms with Crippen LogP contribution in [0.5, 0.6) is 0 Å². The minimum Gasteiger partial charge on any atom is -0.256 e. The lowest BCUT2D eigenvalue weighted by atomic mass is 10.1. The summed E-state index contributed by atoms with van der Waals surface area (Å²) in [6, 6.07) is 10.1. The number of rotatable bonds is 2. The van der Waals surface area contributed by atoms with Crippen LogP contribution in [0.4, 0.5) is 4.39 Å². The summed E-state index contributed by atoms with van der Waals surface area (Å²) in [5.41, 5.74) is 2.72. The Kier molecular flexibility index (Phi) is 2.59. The van der Waals surface area contributed by atoms with Crippen molar-refractivity contribution in [1.29, 1.82) is 0 Å². The first-order valence-corrected chi connectivity index (χ1v) is 4.64. The number of aromatic nitrogens is 1. The van der Waals surface area contributed by atoms with Crippen molar-refractivity contribution in [2.45, 2.75) is 0 Å². The topological polar surface area (TPSA) is 12.9 Å². The van der Waals surface area contributed by atoms with Crippen LogP contribution in [0.2, 0.25) is 0 Å². The van der Waals surface area contributed by atoms with Crippen molar-refractivity contribution in [3.05, 3.63) is 60.6 Å². The predicted octanol–water partition coefficient (Wildman–Crippen LogP) is 3.53. The van der Waals surface area contributed by atoms with Gasteiger partial charge in [-0.05, 0) is 35.9 Å². The van der Waals surface area contributed by atoms with E-state index in [0.29, 0.717) is 0 Å². The van der Waals surface area contributed by atoms with Gasteiger partial charge in [-0.1, -0.05) is 18.7 Å². The van der Waals surface area contributed by atoms with Gasteiger partial charge in [0.1, 0.15) is 5.82 Å². The molecular weight excluding hydrogens is 189 g/mol. The summed E-state index contributed by atoms with van der Waals surface area (Å²) < 4.78 is 12.7. The SMILES string of the molecule is C=Cc1ccc(-c2ccc(F)cc2)nc1. The van der Waals surface area contributed by atoms with E-state index in [1.54, 1.807) is 24.4 Å². The molecule has 0 bridgehead atoms. The molecule has 2 rings (SSSR count). The second-order valence-electron chi connectivity index (χ2n) is 3.19. The van der Waals surface area contributed by atoms with Crippen LogP contribution in [-0.4, -0.2) is 4.98 Å². The highest BCUT2D eigenvalue weighted by Gasteiger charge is 1.98. The van der Waals surface area contributed by atoms with Crippen LogP contribution in [0.25, 0.3) is 17.3 Å². The number of hydrogen-bond donors (Lipinski definition) is 0. The molecule has 0 unspecified atom stereocenters. The van der Waals surface area contributed by atoms with Crippen molar-refractivity contribution in [3.63, 3.8) is 0 Å². The van der Waals surface area contributed by atoms with E-state index in [1.165, 1.54) is 12.1 Å². The summed E-state index contributed by atoms with van der Waals surface area (Å²) >= 11 is 0. The Hall–Kier alpha value is -1.96. The Balaban J connectivity index is 2.37. The number of hydrogen-bond acceptors (Lipinski definition) is 1. The zero-order valence-electron chi connectivity index (χ0n) is 8.15. The summed E-state index contributed by atoms with van der Waals surface area (Å²) in [6.45, 7) is 3.66. The lowest BCUT2D eigenvalue weighted by Crippen LogP contribution is -1.84. The first-order chi connectivity index (χ1) is 7.29. The molecule has 0 amide bonds. The molecular formula is C13H10FN. The lowest BCUT2D eigenvalue weighted by molar-refractivity contribution is 0.628. The van der Waals surface area contributed by atoms with E-state index in [-0.39, 0.29) is 5.82 Å². The van der Waals surface area contributed by atoms with Crippen molar-refractivity contribution >= 4 is 6.08 Å². The van der Waals surface area contributed by atoms with Gasteiger partial charge in [0.05, 0.1) is 5.69 Å². The van der Waals surface area contributed by atoms with Gasteiger partial charge in [0.2, 0.25) is 0 Å². The Bertz CT molecular complexity index is 457. The highest BCUT2D eigenvalue weighted by atomic mass is 19.1. The van der Waals surface area contributed by atoms with Gasteiger partial charge in [0.15, 0.2) is 0 Å². The Morgan fingerprint density at radius 3 is 2.33 bits per heavy atom. The number of pyridine rings is 1. The molecule has 0 fully saturated rings. The molecule has 1 heterocycles. The Labute approximate surface area is 87.9 Å². The highest BCUT2D eigenvalue weighted by molar-refractivity contribution is 5.60. The average molecular weight is 199 g/mol. The molecule has 0 radical (unpaired) electrons. The van der Waals surface area contributed by atoms with Crippen LogP contribution in [0, 0.1) is 5.82 Å². The zero-order valence-corrected chi connectivity index (χ0v) is 8.15. The fraction of sp³-hybridized carbons (Fsp3) is 0. The zero-order chi connectivity index (χ0) is 10.7. The minimum atomic E-state index is -0.235. The summed E-state index contributed by atoms with van der Waals surface area (Å²) in [4.78, 5) is 4.26. The maximum atomic E-state index is 12.7. The van der Waals surface area contributed by atoms with Gasteiger partial charge in [-0.2, -0.15) is 0 Å². The van der Waals surface area contributed by atoms with Crippen LogP contribution >= 0.6 is 0 Å². The van der Waals surface area contributed by atoms with Gasteiger partial charge in [0, 0.05) is 11.8 Å². The monoisotopic (exact) mass is 199 g/mol. The molecule has 0 N–H and O–H groups in total. The molecule has 15 heavy (non-hydrogen) atoms. The van der Waals surface area contributed by atoms with E-state index in [0.717, 1.165) is 16.8 Å². The molecule has 1 aromatic carbocycles. The van der Waals surface area contributed by atoms with Gasteiger partial charge in [-0.15, -0.1) is 0 Å². The van der Waals surface area contributed by atoms with Gasteiger partial charge in [-0.25, -0.2) is 4.39 Å². The molecule has 0 atom stereocenters. The first-order valence-electron chi connectivity index (χ1n) is 4.64. The van der Waals surface area contributed by atoms with Crippen LogP contribution < -0.4 is 0 Å². The highest BCUT2D eigenvalue weighted by Crippen LogP contribution is 2.17. The normalized spacial score (nSPS) is 9.93. The fourth-order valence-corrected chi connectivity index (χ4v) is 1.32. The molecule has 0 spiro atoms. The molecule has 2 heteroatoms. The average Bonchev–Trinajstić information content (AvgIpc) is 2.30. The van der Waals surface area contributed by atoms with Crippen molar-refractivity contribution in [2.24, 2.45) is 0 Å². The standard InChI is InChI=1S/C13H10FN/c1-2-10-3-8-13(15-9-10)11-4-6-12(14)7-5-11/h2-9H,1H2. The van der Waals surface area contributed by atoms with Gasteiger partial charge in [0.25, 0.3) is 0 Å². The van der Waals surface area contributed by atoms with Gasteiger partial charge >= 0.3 is 0 Å². The molecule has 2 aromatic rings. The van der Waals surface area contributed by atoms with E-state index in [9.17, 15) is 4.39 Å². The summed E-state index contributed by atoms with van der Waals surface area (Å²) in [5.74, 6) is -0.235. The van der Waals surface area contributed by atoms with E-state index in [2.05, 4.69) is 11.6 Å². The molecule has 0 aliphatic rings. The van der Waals surface area contributed by atoms with Crippen LogP contribution in [0.3, 0.4) is 0 Å². The molecule has 0 saturated heterocycles. The summed E-state index contributed by atoms with van der Waals surface area (Å²) in [7, 11) is 0. The molecule has 0 aliphatic carbocycles. The number of nitrogens with zero attached hydrogens (tertiary/aromatic N) is 1. The van der Waals surface area contributed by atoms with Crippen molar-refractivity contribution in [3.8, 4) is 11.3 Å². The maximum absolute atomic E-state index is 12.7. The lowest BCUT2D eigenvalue weighted by Gasteiger charge is -2.00. The predicted molar refractivity (Wildman–Crippen MR) is 59.7 cm³/mol. The number of halogens is 1. The second kappa shape index (κ2) is 4.05. The molecule has 74 valence electrons. The molecule has 0 saturated carbocycles. The second-order valence-corrected chi connectivity index (χ2v) is 3.19. The van der Waals surface area contributed by atoms with E-state index >= 15 is 0 Å². The third-order valence-corrected chi connectivity index (χ3v) is 2.16. The van der Waals surface area contributed by atoms with E-state index in [1.807, 2.05) is 12.1 Å². The fourth-order valence-electron chi connectivity index (χ4n) is 1.32. The minimum absolute atomic E-state index is 0.235. The largest absolute Gasteiger partial charge is 0.256 e. The van der Waals surface area contributed by atoms with Crippen molar-refractivity contribution < 1.29 is 4.39 Å². The number of benzene rings is 1. The van der Waals surface area contributed by atoms with Crippen molar-refractivity contribution in [2.75, 3.05) is 0 Å². The Morgan fingerprint density at radius 1 is 1.07 bits per heavy atom. The molecule has 1 nitrogen and oxygen atoms in total. The van der Waals surface area contributed by atoms with Gasteiger partial charge < -0.3 is 0 Å². The molecule has 1 aromatic heterocycles. The van der Waals surface area contributed by atoms with Crippen molar-refractivity contribution in [1.82, 2.24) is 4.98 Å². The van der Waals surface area contributed by atoms with Crippen LogP contribution in [0.15, 0.2) is 49.2 Å². The first kappa shape index (κ1) is 9.59. The third-order valence-electron chi connectivity index (χ3n) is 2.16. The smallest absolute Gasteiger partial charge is 0.123 e. The third kappa shape index (κ3) is 2.10. The molecule has 0 aliphatic heterocycles.